The SMILES string of the molecule is O=[N+]([O-])c1cc(S(=O)(=O)N2CCCC2)ccc1Sc1n[nH]c(-c2ccccc2)n1. The number of nitro groups is 1. The summed E-state index contributed by atoms with van der Waals surface area (Å²) in [6, 6.07) is 13.3. The zero-order valence-electron chi connectivity index (χ0n) is 15.2. The summed E-state index contributed by atoms with van der Waals surface area (Å²) in [6.07, 6.45) is 1.59. The van der Waals surface area contributed by atoms with Gasteiger partial charge in [0.05, 0.1) is 14.7 Å². The molecule has 0 radical (unpaired) electrons. The van der Waals surface area contributed by atoms with E-state index in [4.69, 9.17) is 0 Å². The van der Waals surface area contributed by atoms with E-state index < -0.39 is 14.9 Å². The Morgan fingerprint density at radius 3 is 2.52 bits per heavy atom. The van der Waals surface area contributed by atoms with Crippen molar-refractivity contribution in [2.75, 3.05) is 13.1 Å². The Labute approximate surface area is 171 Å². The number of aromatic nitrogens is 3. The minimum atomic E-state index is -3.73. The minimum Gasteiger partial charge on any atom is -0.258 e. The third-order valence-corrected chi connectivity index (χ3v) is 7.37. The van der Waals surface area contributed by atoms with Gasteiger partial charge in [-0.2, -0.15) is 4.31 Å². The van der Waals surface area contributed by atoms with Gasteiger partial charge < -0.3 is 0 Å². The fourth-order valence-electron chi connectivity index (χ4n) is 3.08. The van der Waals surface area contributed by atoms with Gasteiger partial charge in [-0.3, -0.25) is 15.2 Å². The summed E-state index contributed by atoms with van der Waals surface area (Å²) < 4.78 is 26.8. The molecule has 0 bridgehead atoms. The Balaban J connectivity index is 1.63. The lowest BCUT2D eigenvalue weighted by atomic mass is 10.2. The predicted molar refractivity (Wildman–Crippen MR) is 107 cm³/mol. The summed E-state index contributed by atoms with van der Waals surface area (Å²) in [5.74, 6) is 0.545. The molecule has 0 spiro atoms. The van der Waals surface area contributed by atoms with Gasteiger partial charge in [0, 0.05) is 24.7 Å². The van der Waals surface area contributed by atoms with Crippen LogP contribution in [0.1, 0.15) is 12.8 Å². The largest absolute Gasteiger partial charge is 0.284 e. The molecule has 0 saturated carbocycles. The van der Waals surface area contributed by atoms with Crippen LogP contribution in [0.5, 0.6) is 0 Å². The number of hydrogen-bond acceptors (Lipinski definition) is 7. The molecule has 0 amide bonds. The molecule has 1 N–H and O–H groups in total. The second-order valence-corrected chi connectivity index (χ2v) is 9.38. The fourth-order valence-corrected chi connectivity index (χ4v) is 5.42. The van der Waals surface area contributed by atoms with Crippen LogP contribution in [0.25, 0.3) is 11.4 Å². The van der Waals surface area contributed by atoms with Gasteiger partial charge in [0.2, 0.25) is 15.2 Å². The zero-order chi connectivity index (χ0) is 20.4. The number of rotatable bonds is 6. The van der Waals surface area contributed by atoms with E-state index >= 15 is 0 Å². The smallest absolute Gasteiger partial charge is 0.258 e. The number of nitro benzene ring substituents is 1. The van der Waals surface area contributed by atoms with E-state index in [2.05, 4.69) is 15.2 Å². The van der Waals surface area contributed by atoms with Gasteiger partial charge in [-0.1, -0.05) is 30.3 Å². The molecule has 4 rings (SSSR count). The standard InChI is InChI=1S/C18H17N5O4S2/c24-23(25)15-12-14(29(26,27)22-10-4-5-11-22)8-9-16(15)28-18-19-17(20-21-18)13-6-2-1-3-7-13/h1-3,6-9,12H,4-5,10-11H2,(H,19,20,21). The van der Waals surface area contributed by atoms with E-state index in [1.165, 1.54) is 16.4 Å². The number of hydrogen-bond donors (Lipinski definition) is 1. The lowest BCUT2D eigenvalue weighted by Gasteiger charge is -2.15. The van der Waals surface area contributed by atoms with Crippen LogP contribution in [-0.4, -0.2) is 45.9 Å². The summed E-state index contributed by atoms with van der Waals surface area (Å²) >= 11 is 1.01. The number of benzene rings is 2. The van der Waals surface area contributed by atoms with Crippen LogP contribution in [0, 0.1) is 10.1 Å². The molecule has 9 nitrogen and oxygen atoms in total. The van der Waals surface area contributed by atoms with E-state index in [0.29, 0.717) is 24.1 Å². The van der Waals surface area contributed by atoms with Crippen molar-refractivity contribution in [3.05, 3.63) is 58.6 Å². The number of aromatic amines is 1. The van der Waals surface area contributed by atoms with Gasteiger partial charge in [-0.25, -0.2) is 13.4 Å². The first kappa shape index (κ1) is 19.6. The molecule has 1 fully saturated rings. The van der Waals surface area contributed by atoms with Crippen molar-refractivity contribution in [2.45, 2.75) is 27.8 Å². The van der Waals surface area contributed by atoms with Crippen LogP contribution in [0.2, 0.25) is 0 Å². The van der Waals surface area contributed by atoms with Crippen molar-refractivity contribution < 1.29 is 13.3 Å². The van der Waals surface area contributed by atoms with Crippen molar-refractivity contribution in [1.29, 1.82) is 0 Å². The molecule has 29 heavy (non-hydrogen) atoms. The second kappa shape index (κ2) is 7.93. The highest BCUT2D eigenvalue weighted by Crippen LogP contribution is 2.36. The maximum absolute atomic E-state index is 12.7. The predicted octanol–water partition coefficient (Wildman–Crippen LogP) is 3.32. The van der Waals surface area contributed by atoms with Gasteiger partial charge in [0.15, 0.2) is 5.82 Å². The first-order chi connectivity index (χ1) is 13.9. The first-order valence-corrected chi connectivity index (χ1v) is 11.1. The molecular weight excluding hydrogens is 414 g/mol. The summed E-state index contributed by atoms with van der Waals surface area (Å²) in [5.41, 5.74) is 0.551. The first-order valence-electron chi connectivity index (χ1n) is 8.89. The Hall–Kier alpha value is -2.76. The molecule has 11 heteroatoms. The summed E-state index contributed by atoms with van der Waals surface area (Å²) in [7, 11) is -3.73. The average Bonchev–Trinajstić information content (AvgIpc) is 3.41. The topological polar surface area (TPSA) is 122 Å². The highest BCUT2D eigenvalue weighted by atomic mass is 32.2. The third-order valence-electron chi connectivity index (χ3n) is 4.54. The Bertz CT molecular complexity index is 1140. The van der Waals surface area contributed by atoms with Gasteiger partial charge in [0.25, 0.3) is 5.69 Å². The molecule has 1 aliphatic rings. The van der Waals surface area contributed by atoms with Gasteiger partial charge in [0.1, 0.15) is 0 Å². The molecule has 150 valence electrons. The summed E-state index contributed by atoms with van der Waals surface area (Å²) in [4.78, 5) is 15.5. The van der Waals surface area contributed by atoms with Gasteiger partial charge >= 0.3 is 0 Å². The number of nitrogens with zero attached hydrogens (tertiary/aromatic N) is 4. The molecule has 2 aromatic carbocycles. The fraction of sp³-hybridized carbons (Fsp3) is 0.222. The number of nitrogens with one attached hydrogen (secondary N) is 1. The Morgan fingerprint density at radius 1 is 1.10 bits per heavy atom. The van der Waals surface area contributed by atoms with Crippen LogP contribution in [0.3, 0.4) is 0 Å². The van der Waals surface area contributed by atoms with Gasteiger partial charge in [-0.15, -0.1) is 5.10 Å². The van der Waals surface area contributed by atoms with Gasteiger partial charge in [-0.05, 0) is 36.7 Å². The van der Waals surface area contributed by atoms with E-state index in [9.17, 15) is 18.5 Å². The molecule has 1 aliphatic heterocycles. The molecule has 3 aromatic rings. The van der Waals surface area contributed by atoms with Crippen molar-refractivity contribution in [3.63, 3.8) is 0 Å². The Kier molecular flexibility index (Phi) is 5.35. The minimum absolute atomic E-state index is 0.0737. The maximum Gasteiger partial charge on any atom is 0.284 e. The monoisotopic (exact) mass is 431 g/mol. The second-order valence-electron chi connectivity index (χ2n) is 6.43. The van der Waals surface area contributed by atoms with Crippen LogP contribution < -0.4 is 0 Å². The molecule has 1 aromatic heterocycles. The normalized spacial score (nSPS) is 14.9. The highest BCUT2D eigenvalue weighted by molar-refractivity contribution is 7.99. The highest BCUT2D eigenvalue weighted by Gasteiger charge is 2.29. The molecule has 2 heterocycles. The van der Waals surface area contributed by atoms with E-state index in [1.54, 1.807) is 0 Å². The van der Waals surface area contributed by atoms with Crippen molar-refractivity contribution in [3.8, 4) is 11.4 Å². The average molecular weight is 431 g/mol. The zero-order valence-corrected chi connectivity index (χ0v) is 16.8. The van der Waals surface area contributed by atoms with Crippen LogP contribution in [0.15, 0.2) is 63.5 Å². The number of sulfonamides is 1. The van der Waals surface area contributed by atoms with Crippen molar-refractivity contribution in [2.24, 2.45) is 0 Å². The van der Waals surface area contributed by atoms with E-state index in [-0.39, 0.29) is 15.5 Å². The molecule has 0 unspecified atom stereocenters. The van der Waals surface area contributed by atoms with E-state index in [0.717, 1.165) is 36.2 Å². The summed E-state index contributed by atoms with van der Waals surface area (Å²) in [6.45, 7) is 0.873. The summed E-state index contributed by atoms with van der Waals surface area (Å²) in [5, 5.41) is 18.8. The van der Waals surface area contributed by atoms with Crippen LogP contribution >= 0.6 is 11.8 Å². The molecule has 1 saturated heterocycles. The van der Waals surface area contributed by atoms with Crippen LogP contribution in [0.4, 0.5) is 5.69 Å². The molecule has 0 atom stereocenters. The Morgan fingerprint density at radius 2 is 1.83 bits per heavy atom. The lowest BCUT2D eigenvalue weighted by molar-refractivity contribution is -0.388. The lowest BCUT2D eigenvalue weighted by Crippen LogP contribution is -2.27. The quantitative estimate of drug-likeness (QED) is 0.469. The van der Waals surface area contributed by atoms with E-state index in [1.807, 2.05) is 30.3 Å². The molecule has 0 aliphatic carbocycles. The van der Waals surface area contributed by atoms with Crippen molar-refractivity contribution in [1.82, 2.24) is 19.5 Å². The number of H-pyrrole nitrogens is 1. The third kappa shape index (κ3) is 4.02. The molecular formula is C18H17N5O4S2. The van der Waals surface area contributed by atoms with Crippen molar-refractivity contribution >= 4 is 27.5 Å². The van der Waals surface area contributed by atoms with Crippen LogP contribution in [-0.2, 0) is 10.0 Å². The maximum atomic E-state index is 12.7.